The van der Waals surface area contributed by atoms with Gasteiger partial charge in [0.2, 0.25) is 0 Å². The fourth-order valence-electron chi connectivity index (χ4n) is 2.36. The second-order valence-electron chi connectivity index (χ2n) is 5.13. The van der Waals surface area contributed by atoms with Gasteiger partial charge in [-0.25, -0.2) is 0 Å². The number of aryl methyl sites for hydroxylation is 2. The Hall–Kier alpha value is -0.330. The Balaban J connectivity index is 0.00000200. The number of aromatic nitrogens is 2. The number of halogens is 2. The maximum atomic E-state index is 5.34. The molecule has 1 aliphatic rings. The number of hydrogen-bond acceptors (Lipinski definition) is 4. The van der Waals surface area contributed by atoms with Crippen molar-refractivity contribution in [2.75, 3.05) is 39.4 Å². The summed E-state index contributed by atoms with van der Waals surface area (Å²) in [6.07, 6.45) is 3.30. The molecule has 0 amide bonds. The molecule has 1 aliphatic heterocycles. The first-order valence-corrected chi connectivity index (χ1v) is 7.33. The second kappa shape index (κ2) is 11.3. The SMILES string of the molecule is CCCn1cc(CNCCN2CCOCC2)c(C)n1.Cl.Cl. The van der Waals surface area contributed by atoms with Gasteiger partial charge in [-0.1, -0.05) is 6.92 Å². The number of ether oxygens (including phenoxy) is 1. The minimum absolute atomic E-state index is 0. The summed E-state index contributed by atoms with van der Waals surface area (Å²) in [7, 11) is 0. The summed E-state index contributed by atoms with van der Waals surface area (Å²) in [5, 5.41) is 8.03. The van der Waals surface area contributed by atoms with Gasteiger partial charge in [0.15, 0.2) is 0 Å². The third-order valence-electron chi connectivity index (χ3n) is 3.52. The maximum absolute atomic E-state index is 5.34. The van der Waals surface area contributed by atoms with Crippen LogP contribution in [-0.2, 0) is 17.8 Å². The third kappa shape index (κ3) is 6.98. The number of nitrogens with one attached hydrogen (secondary N) is 1. The number of morpholine rings is 1. The Labute approximate surface area is 140 Å². The molecule has 0 aliphatic carbocycles. The number of rotatable bonds is 7. The van der Waals surface area contributed by atoms with Crippen molar-refractivity contribution in [2.24, 2.45) is 0 Å². The molecule has 2 rings (SSSR count). The Morgan fingerprint density at radius 2 is 1.95 bits per heavy atom. The molecule has 0 spiro atoms. The van der Waals surface area contributed by atoms with Crippen LogP contribution in [0.5, 0.6) is 0 Å². The van der Waals surface area contributed by atoms with Crippen LogP contribution >= 0.6 is 24.8 Å². The normalized spacial score (nSPS) is 15.3. The van der Waals surface area contributed by atoms with Crippen LogP contribution in [0, 0.1) is 6.92 Å². The molecule has 124 valence electrons. The van der Waals surface area contributed by atoms with E-state index in [1.54, 1.807) is 0 Å². The van der Waals surface area contributed by atoms with E-state index in [-0.39, 0.29) is 24.8 Å². The molecule has 1 aromatic heterocycles. The summed E-state index contributed by atoms with van der Waals surface area (Å²) in [6, 6.07) is 0. The van der Waals surface area contributed by atoms with E-state index in [2.05, 4.69) is 35.4 Å². The Morgan fingerprint density at radius 3 is 2.62 bits per heavy atom. The zero-order valence-corrected chi connectivity index (χ0v) is 14.6. The molecule has 21 heavy (non-hydrogen) atoms. The predicted octanol–water partition coefficient (Wildman–Crippen LogP) is 1.87. The summed E-state index contributed by atoms with van der Waals surface area (Å²) < 4.78 is 7.39. The summed E-state index contributed by atoms with van der Waals surface area (Å²) in [5.41, 5.74) is 2.46. The summed E-state index contributed by atoms with van der Waals surface area (Å²) in [5.74, 6) is 0. The highest BCUT2D eigenvalue weighted by Crippen LogP contribution is 2.05. The maximum Gasteiger partial charge on any atom is 0.0638 e. The fraction of sp³-hybridized carbons (Fsp3) is 0.786. The standard InChI is InChI=1S/C14H26N4O.2ClH/c1-3-5-18-12-14(13(2)16-18)11-15-4-6-17-7-9-19-10-8-17;;/h12,15H,3-11H2,1-2H3;2*1H. The van der Waals surface area contributed by atoms with E-state index in [0.717, 1.165) is 64.6 Å². The average Bonchev–Trinajstić information content (AvgIpc) is 2.77. The van der Waals surface area contributed by atoms with E-state index in [1.165, 1.54) is 5.56 Å². The van der Waals surface area contributed by atoms with Crippen molar-refractivity contribution in [3.05, 3.63) is 17.5 Å². The van der Waals surface area contributed by atoms with Crippen molar-refractivity contribution in [1.82, 2.24) is 20.0 Å². The van der Waals surface area contributed by atoms with Crippen LogP contribution in [0.25, 0.3) is 0 Å². The lowest BCUT2D eigenvalue weighted by Gasteiger charge is -2.26. The highest BCUT2D eigenvalue weighted by Gasteiger charge is 2.09. The molecule has 0 radical (unpaired) electrons. The lowest BCUT2D eigenvalue weighted by atomic mass is 10.2. The lowest BCUT2D eigenvalue weighted by molar-refractivity contribution is 0.0384. The predicted molar refractivity (Wildman–Crippen MR) is 90.7 cm³/mol. The minimum Gasteiger partial charge on any atom is -0.379 e. The van der Waals surface area contributed by atoms with Crippen LogP contribution < -0.4 is 5.32 Å². The van der Waals surface area contributed by atoms with Gasteiger partial charge < -0.3 is 10.1 Å². The first kappa shape index (κ1) is 20.7. The molecule has 1 aromatic rings. The van der Waals surface area contributed by atoms with E-state index in [4.69, 9.17) is 4.74 Å². The largest absolute Gasteiger partial charge is 0.379 e. The van der Waals surface area contributed by atoms with Crippen molar-refractivity contribution in [3.8, 4) is 0 Å². The molecule has 0 aromatic carbocycles. The van der Waals surface area contributed by atoms with Crippen LogP contribution in [0.4, 0.5) is 0 Å². The lowest BCUT2D eigenvalue weighted by Crippen LogP contribution is -2.40. The smallest absolute Gasteiger partial charge is 0.0638 e. The molecule has 0 saturated carbocycles. The topological polar surface area (TPSA) is 42.3 Å². The minimum atomic E-state index is 0. The van der Waals surface area contributed by atoms with E-state index in [9.17, 15) is 0 Å². The van der Waals surface area contributed by atoms with E-state index in [0.29, 0.717) is 0 Å². The van der Waals surface area contributed by atoms with Gasteiger partial charge in [0.05, 0.1) is 18.9 Å². The molecule has 1 saturated heterocycles. The van der Waals surface area contributed by atoms with E-state index in [1.807, 2.05) is 4.68 Å². The van der Waals surface area contributed by atoms with Crippen LogP contribution in [0.15, 0.2) is 6.20 Å². The van der Waals surface area contributed by atoms with Gasteiger partial charge in [-0.15, -0.1) is 24.8 Å². The van der Waals surface area contributed by atoms with Gasteiger partial charge in [-0.2, -0.15) is 5.10 Å². The highest BCUT2D eigenvalue weighted by atomic mass is 35.5. The summed E-state index contributed by atoms with van der Waals surface area (Å²) >= 11 is 0. The van der Waals surface area contributed by atoms with E-state index >= 15 is 0 Å². The molecule has 7 heteroatoms. The third-order valence-corrected chi connectivity index (χ3v) is 3.52. The van der Waals surface area contributed by atoms with Gasteiger partial charge in [0.1, 0.15) is 0 Å². The Kier molecular flexibility index (Phi) is 11.1. The molecule has 2 heterocycles. The first-order valence-electron chi connectivity index (χ1n) is 7.33. The first-order chi connectivity index (χ1) is 9.29. The fourth-order valence-corrected chi connectivity index (χ4v) is 2.36. The molecular weight excluding hydrogens is 311 g/mol. The van der Waals surface area contributed by atoms with Crippen LogP contribution in [-0.4, -0.2) is 54.1 Å². The second-order valence-corrected chi connectivity index (χ2v) is 5.13. The van der Waals surface area contributed by atoms with Gasteiger partial charge in [-0.3, -0.25) is 9.58 Å². The molecule has 1 N–H and O–H groups in total. The van der Waals surface area contributed by atoms with Crippen LogP contribution in [0.1, 0.15) is 24.6 Å². The molecule has 0 atom stereocenters. The molecule has 0 bridgehead atoms. The molecule has 5 nitrogen and oxygen atoms in total. The summed E-state index contributed by atoms with van der Waals surface area (Å²) in [6.45, 7) is 12.2. The molecule has 0 unspecified atom stereocenters. The average molecular weight is 339 g/mol. The monoisotopic (exact) mass is 338 g/mol. The van der Waals surface area contributed by atoms with Crippen LogP contribution in [0.3, 0.4) is 0 Å². The van der Waals surface area contributed by atoms with Crippen molar-refractivity contribution in [1.29, 1.82) is 0 Å². The van der Waals surface area contributed by atoms with Gasteiger partial charge >= 0.3 is 0 Å². The van der Waals surface area contributed by atoms with E-state index < -0.39 is 0 Å². The quantitative estimate of drug-likeness (QED) is 0.770. The van der Waals surface area contributed by atoms with Crippen molar-refractivity contribution >= 4 is 24.8 Å². The van der Waals surface area contributed by atoms with Gasteiger partial charge in [0.25, 0.3) is 0 Å². The molecule has 1 fully saturated rings. The van der Waals surface area contributed by atoms with Crippen LogP contribution in [0.2, 0.25) is 0 Å². The Bertz CT molecular complexity index is 381. The van der Waals surface area contributed by atoms with Crippen molar-refractivity contribution in [2.45, 2.75) is 33.4 Å². The molecular formula is C14H28Cl2N4O. The number of hydrogen-bond donors (Lipinski definition) is 1. The van der Waals surface area contributed by atoms with Gasteiger partial charge in [0, 0.05) is 51.0 Å². The zero-order chi connectivity index (χ0) is 13.5. The number of nitrogens with zero attached hydrogens (tertiary/aromatic N) is 3. The van der Waals surface area contributed by atoms with Crippen molar-refractivity contribution < 1.29 is 4.74 Å². The summed E-state index contributed by atoms with van der Waals surface area (Å²) in [4.78, 5) is 2.45. The highest BCUT2D eigenvalue weighted by molar-refractivity contribution is 5.85. The van der Waals surface area contributed by atoms with Gasteiger partial charge in [-0.05, 0) is 13.3 Å². The zero-order valence-electron chi connectivity index (χ0n) is 13.0. The van der Waals surface area contributed by atoms with Crippen molar-refractivity contribution in [3.63, 3.8) is 0 Å². The Morgan fingerprint density at radius 1 is 1.24 bits per heavy atom.